The molecule has 0 aromatic rings. The second kappa shape index (κ2) is 4.33. The Labute approximate surface area is 74.3 Å². The average Bonchev–Trinajstić information content (AvgIpc) is 2.05. The lowest BCUT2D eigenvalue weighted by Crippen LogP contribution is -2.34. The molecule has 0 radical (unpaired) electrons. The van der Waals surface area contributed by atoms with Gasteiger partial charge in [-0.2, -0.15) is 12.6 Å². The molecule has 1 saturated heterocycles. The van der Waals surface area contributed by atoms with Crippen molar-refractivity contribution in [2.75, 3.05) is 27.3 Å². The second-order valence-corrected chi connectivity index (χ2v) is 3.86. The van der Waals surface area contributed by atoms with Gasteiger partial charge < -0.3 is 4.74 Å². The van der Waals surface area contributed by atoms with Gasteiger partial charge in [0.2, 0.25) is 0 Å². The summed E-state index contributed by atoms with van der Waals surface area (Å²) in [5.41, 5.74) is 0. The molecule has 1 atom stereocenters. The Kier molecular flexibility index (Phi) is 3.69. The third-order valence-electron chi connectivity index (χ3n) is 2.22. The van der Waals surface area contributed by atoms with E-state index >= 15 is 0 Å². The molecule has 1 aliphatic rings. The molecule has 0 amide bonds. The highest BCUT2D eigenvalue weighted by molar-refractivity contribution is 7.80. The molecule has 0 spiro atoms. The van der Waals surface area contributed by atoms with Crippen LogP contribution in [0.2, 0.25) is 0 Å². The maximum Gasteiger partial charge on any atom is 0.0552 e. The van der Waals surface area contributed by atoms with Crippen molar-refractivity contribution in [3.8, 4) is 0 Å². The molecule has 1 rings (SSSR count). The largest absolute Gasteiger partial charge is 0.381 e. The lowest BCUT2D eigenvalue weighted by Gasteiger charge is -2.31. The zero-order valence-corrected chi connectivity index (χ0v) is 8.18. The van der Waals surface area contributed by atoms with Crippen molar-refractivity contribution >= 4 is 12.6 Å². The summed E-state index contributed by atoms with van der Waals surface area (Å²) in [5.74, 6) is 0.710. The van der Waals surface area contributed by atoms with E-state index < -0.39 is 0 Å². The molecule has 3 heteroatoms. The van der Waals surface area contributed by atoms with E-state index in [9.17, 15) is 0 Å². The SMILES string of the molecule is CN(C)C(S)C1CCOCC1. The number of ether oxygens (including phenoxy) is 1. The first-order valence-corrected chi connectivity index (χ1v) is 4.65. The number of nitrogens with zero attached hydrogens (tertiary/aromatic N) is 1. The van der Waals surface area contributed by atoms with E-state index in [0.29, 0.717) is 11.3 Å². The van der Waals surface area contributed by atoms with Crippen LogP contribution in [0.1, 0.15) is 12.8 Å². The maximum atomic E-state index is 5.28. The van der Waals surface area contributed by atoms with Crippen LogP contribution in [-0.4, -0.2) is 37.6 Å². The maximum absolute atomic E-state index is 5.28. The van der Waals surface area contributed by atoms with Gasteiger partial charge in [0.25, 0.3) is 0 Å². The van der Waals surface area contributed by atoms with Crippen molar-refractivity contribution in [3.05, 3.63) is 0 Å². The van der Waals surface area contributed by atoms with Gasteiger partial charge in [0.15, 0.2) is 0 Å². The summed E-state index contributed by atoms with van der Waals surface area (Å²) in [4.78, 5) is 2.17. The number of hydrogen-bond acceptors (Lipinski definition) is 3. The van der Waals surface area contributed by atoms with Gasteiger partial charge in [0, 0.05) is 13.2 Å². The van der Waals surface area contributed by atoms with Gasteiger partial charge in [-0.1, -0.05) is 0 Å². The average molecular weight is 175 g/mol. The van der Waals surface area contributed by atoms with Gasteiger partial charge in [-0.15, -0.1) is 0 Å². The van der Waals surface area contributed by atoms with E-state index in [2.05, 4.69) is 31.6 Å². The standard InChI is InChI=1S/C8H17NOS/c1-9(2)8(11)7-3-5-10-6-4-7/h7-8,11H,3-6H2,1-2H3. The molecule has 0 aliphatic carbocycles. The third-order valence-corrected chi connectivity index (χ3v) is 3.10. The smallest absolute Gasteiger partial charge is 0.0552 e. The van der Waals surface area contributed by atoms with Crippen molar-refractivity contribution in [1.82, 2.24) is 4.90 Å². The Morgan fingerprint density at radius 1 is 1.36 bits per heavy atom. The molecular weight excluding hydrogens is 158 g/mol. The Morgan fingerprint density at radius 3 is 2.36 bits per heavy atom. The number of thiol groups is 1. The minimum atomic E-state index is 0.402. The zero-order valence-electron chi connectivity index (χ0n) is 7.29. The van der Waals surface area contributed by atoms with Crippen molar-refractivity contribution in [2.45, 2.75) is 18.2 Å². The van der Waals surface area contributed by atoms with Gasteiger partial charge >= 0.3 is 0 Å². The van der Waals surface area contributed by atoms with Crippen LogP contribution in [0.4, 0.5) is 0 Å². The van der Waals surface area contributed by atoms with E-state index in [1.165, 1.54) is 0 Å². The summed E-state index contributed by atoms with van der Waals surface area (Å²) in [6.45, 7) is 1.82. The van der Waals surface area contributed by atoms with Gasteiger partial charge in [-0.05, 0) is 32.9 Å². The molecule has 2 nitrogen and oxygen atoms in total. The molecule has 0 aromatic carbocycles. The summed E-state index contributed by atoms with van der Waals surface area (Å²) in [7, 11) is 4.15. The zero-order chi connectivity index (χ0) is 8.27. The van der Waals surface area contributed by atoms with Crippen molar-refractivity contribution in [2.24, 2.45) is 5.92 Å². The van der Waals surface area contributed by atoms with Crippen LogP contribution in [0.5, 0.6) is 0 Å². The summed E-state index contributed by atoms with van der Waals surface area (Å²) in [6, 6.07) is 0. The first kappa shape index (κ1) is 9.36. The molecule has 1 aliphatic heterocycles. The quantitative estimate of drug-likeness (QED) is 0.500. The summed E-state index contributed by atoms with van der Waals surface area (Å²) < 4.78 is 5.28. The van der Waals surface area contributed by atoms with Gasteiger partial charge in [0.05, 0.1) is 5.37 Å². The predicted molar refractivity (Wildman–Crippen MR) is 50.0 cm³/mol. The number of rotatable bonds is 2. The predicted octanol–water partition coefficient (Wildman–Crippen LogP) is 1.23. The summed E-state index contributed by atoms with van der Waals surface area (Å²) in [6.07, 6.45) is 2.32. The van der Waals surface area contributed by atoms with E-state index in [4.69, 9.17) is 4.74 Å². The fourth-order valence-electron chi connectivity index (χ4n) is 1.44. The van der Waals surface area contributed by atoms with E-state index in [-0.39, 0.29) is 0 Å². The topological polar surface area (TPSA) is 12.5 Å². The van der Waals surface area contributed by atoms with Crippen LogP contribution in [0, 0.1) is 5.92 Å². The van der Waals surface area contributed by atoms with Crippen LogP contribution < -0.4 is 0 Å². The van der Waals surface area contributed by atoms with E-state index in [1.54, 1.807) is 0 Å². The van der Waals surface area contributed by atoms with Crippen LogP contribution in [-0.2, 0) is 4.74 Å². The highest BCUT2D eigenvalue weighted by atomic mass is 32.1. The summed E-state index contributed by atoms with van der Waals surface area (Å²) >= 11 is 4.54. The minimum absolute atomic E-state index is 0.402. The molecule has 1 heterocycles. The molecule has 66 valence electrons. The lowest BCUT2D eigenvalue weighted by molar-refractivity contribution is 0.0533. The summed E-state index contributed by atoms with van der Waals surface area (Å²) in [5, 5.41) is 0.402. The normalized spacial score (nSPS) is 24.0. The van der Waals surface area contributed by atoms with Crippen molar-refractivity contribution < 1.29 is 4.74 Å². The number of hydrogen-bond donors (Lipinski definition) is 1. The highest BCUT2D eigenvalue weighted by Gasteiger charge is 2.22. The molecule has 0 aromatic heterocycles. The fourth-order valence-corrected chi connectivity index (χ4v) is 1.73. The monoisotopic (exact) mass is 175 g/mol. The lowest BCUT2D eigenvalue weighted by atomic mass is 10.00. The van der Waals surface area contributed by atoms with Crippen LogP contribution in [0.3, 0.4) is 0 Å². The molecule has 11 heavy (non-hydrogen) atoms. The minimum Gasteiger partial charge on any atom is -0.381 e. The molecule has 0 N–H and O–H groups in total. The Bertz CT molecular complexity index is 113. The molecule has 0 bridgehead atoms. The van der Waals surface area contributed by atoms with Crippen LogP contribution >= 0.6 is 12.6 Å². The fraction of sp³-hybridized carbons (Fsp3) is 1.00. The Balaban J connectivity index is 2.32. The first-order chi connectivity index (χ1) is 5.22. The van der Waals surface area contributed by atoms with Crippen molar-refractivity contribution in [1.29, 1.82) is 0 Å². The van der Waals surface area contributed by atoms with Crippen LogP contribution in [0.25, 0.3) is 0 Å². The second-order valence-electron chi connectivity index (χ2n) is 3.33. The van der Waals surface area contributed by atoms with Crippen LogP contribution in [0.15, 0.2) is 0 Å². The highest BCUT2D eigenvalue weighted by Crippen LogP contribution is 2.23. The Morgan fingerprint density at radius 2 is 1.91 bits per heavy atom. The van der Waals surface area contributed by atoms with Gasteiger partial charge in [-0.25, -0.2) is 0 Å². The Hall–Kier alpha value is 0.270. The van der Waals surface area contributed by atoms with Gasteiger partial charge in [0.1, 0.15) is 0 Å². The molecule has 1 fully saturated rings. The molecule has 0 saturated carbocycles. The molecular formula is C8H17NOS. The van der Waals surface area contributed by atoms with Crippen molar-refractivity contribution in [3.63, 3.8) is 0 Å². The van der Waals surface area contributed by atoms with E-state index in [0.717, 1.165) is 26.1 Å². The third kappa shape index (κ3) is 2.65. The van der Waals surface area contributed by atoms with Gasteiger partial charge in [-0.3, -0.25) is 4.90 Å². The van der Waals surface area contributed by atoms with E-state index in [1.807, 2.05) is 0 Å². The molecule has 1 unspecified atom stereocenters. The first-order valence-electron chi connectivity index (χ1n) is 4.14.